The van der Waals surface area contributed by atoms with E-state index in [1.807, 2.05) is 18.2 Å². The highest BCUT2D eigenvalue weighted by Crippen LogP contribution is 2.29. The lowest BCUT2D eigenvalue weighted by Gasteiger charge is -2.32. The second-order valence-corrected chi connectivity index (χ2v) is 5.84. The quantitative estimate of drug-likeness (QED) is 0.801. The molecule has 114 valence electrons. The van der Waals surface area contributed by atoms with Crippen molar-refractivity contribution in [2.24, 2.45) is 5.73 Å². The highest BCUT2D eigenvalue weighted by atomic mass is 79.9. The van der Waals surface area contributed by atoms with Crippen molar-refractivity contribution in [2.75, 3.05) is 25.5 Å². The number of halogens is 1. The van der Waals surface area contributed by atoms with Crippen LogP contribution < -0.4 is 15.8 Å². The number of anilines is 1. The third-order valence-electron chi connectivity index (χ3n) is 3.51. The lowest BCUT2D eigenvalue weighted by atomic mass is 10.0. The Morgan fingerprint density at radius 3 is 2.62 bits per heavy atom. The highest BCUT2D eigenvalue weighted by molar-refractivity contribution is 9.10. The van der Waals surface area contributed by atoms with Gasteiger partial charge in [0.2, 0.25) is 0 Å². The van der Waals surface area contributed by atoms with Crippen LogP contribution in [0.1, 0.15) is 12.8 Å². The molecule has 1 fully saturated rings. The van der Waals surface area contributed by atoms with Crippen LogP contribution in [0.4, 0.5) is 5.69 Å². The molecule has 6 nitrogen and oxygen atoms in total. The Balaban J connectivity index is 1.96. The number of amides is 2. The standard InChI is InChI=1S/C14H18BrN3O3/c1-21-12-3-2-9(15)8-11(12)17-10-4-6-18(7-5-10)14(20)13(16)19/h2-3,8,10,17H,4-7H2,1H3,(H2,16,19). The fourth-order valence-electron chi connectivity index (χ4n) is 2.40. The Bertz CT molecular complexity index is 542. The van der Waals surface area contributed by atoms with E-state index in [1.54, 1.807) is 7.11 Å². The van der Waals surface area contributed by atoms with Gasteiger partial charge in [0.05, 0.1) is 12.8 Å². The summed E-state index contributed by atoms with van der Waals surface area (Å²) in [6.45, 7) is 1.05. The molecule has 1 aromatic rings. The first kappa shape index (κ1) is 15.6. The minimum Gasteiger partial charge on any atom is -0.495 e. The van der Waals surface area contributed by atoms with Crippen molar-refractivity contribution in [2.45, 2.75) is 18.9 Å². The summed E-state index contributed by atoms with van der Waals surface area (Å²) >= 11 is 3.44. The molecule has 1 aliphatic rings. The zero-order valence-corrected chi connectivity index (χ0v) is 13.4. The summed E-state index contributed by atoms with van der Waals surface area (Å²) in [4.78, 5) is 23.9. The van der Waals surface area contributed by atoms with Crippen molar-refractivity contribution in [3.05, 3.63) is 22.7 Å². The first-order chi connectivity index (χ1) is 10.0. The van der Waals surface area contributed by atoms with E-state index in [9.17, 15) is 9.59 Å². The molecule has 0 unspecified atom stereocenters. The van der Waals surface area contributed by atoms with E-state index in [0.29, 0.717) is 13.1 Å². The van der Waals surface area contributed by atoms with Crippen molar-refractivity contribution in [1.29, 1.82) is 0 Å². The molecule has 0 aromatic heterocycles. The van der Waals surface area contributed by atoms with Gasteiger partial charge in [-0.1, -0.05) is 15.9 Å². The van der Waals surface area contributed by atoms with E-state index in [2.05, 4.69) is 21.2 Å². The fraction of sp³-hybridized carbons (Fsp3) is 0.429. The molecule has 1 aliphatic heterocycles. The van der Waals surface area contributed by atoms with Gasteiger partial charge in [-0.15, -0.1) is 0 Å². The van der Waals surface area contributed by atoms with Crippen molar-refractivity contribution in [3.8, 4) is 5.75 Å². The van der Waals surface area contributed by atoms with E-state index in [4.69, 9.17) is 10.5 Å². The van der Waals surface area contributed by atoms with Gasteiger partial charge in [0.1, 0.15) is 5.75 Å². The minimum absolute atomic E-state index is 0.227. The predicted octanol–water partition coefficient (Wildman–Crippen LogP) is 1.35. The van der Waals surface area contributed by atoms with E-state index in [-0.39, 0.29) is 6.04 Å². The van der Waals surface area contributed by atoms with E-state index >= 15 is 0 Å². The molecule has 2 amide bonds. The second kappa shape index (κ2) is 6.80. The topological polar surface area (TPSA) is 84.7 Å². The number of primary amides is 1. The number of likely N-dealkylation sites (tertiary alicyclic amines) is 1. The van der Waals surface area contributed by atoms with Crippen LogP contribution in [-0.4, -0.2) is 43.0 Å². The Morgan fingerprint density at radius 1 is 1.38 bits per heavy atom. The molecule has 2 rings (SSSR count). The summed E-state index contributed by atoms with van der Waals surface area (Å²) in [6, 6.07) is 5.99. The molecule has 1 aromatic carbocycles. The Kier molecular flexibility index (Phi) is 5.06. The molecule has 1 saturated heterocycles. The van der Waals surface area contributed by atoms with Gasteiger partial charge in [-0.05, 0) is 31.0 Å². The smallest absolute Gasteiger partial charge is 0.311 e. The van der Waals surface area contributed by atoms with E-state index in [0.717, 1.165) is 28.8 Å². The number of carbonyl (C=O) groups is 2. The minimum atomic E-state index is -0.893. The van der Waals surface area contributed by atoms with Crippen molar-refractivity contribution in [1.82, 2.24) is 4.90 Å². The third kappa shape index (κ3) is 3.87. The molecule has 0 radical (unpaired) electrons. The van der Waals surface area contributed by atoms with Gasteiger partial charge >= 0.3 is 11.8 Å². The number of nitrogens with two attached hydrogens (primary N) is 1. The molecule has 0 saturated carbocycles. The number of benzene rings is 1. The number of piperidine rings is 1. The largest absolute Gasteiger partial charge is 0.495 e. The SMILES string of the molecule is COc1ccc(Br)cc1NC1CCN(C(=O)C(N)=O)CC1. The van der Waals surface area contributed by atoms with Gasteiger partial charge < -0.3 is 20.7 Å². The Hall–Kier alpha value is -1.76. The predicted molar refractivity (Wildman–Crippen MR) is 83.1 cm³/mol. The summed E-state index contributed by atoms with van der Waals surface area (Å²) in [5.74, 6) is -0.725. The van der Waals surface area contributed by atoms with Crippen molar-refractivity contribution >= 4 is 33.4 Å². The molecule has 21 heavy (non-hydrogen) atoms. The zero-order valence-electron chi connectivity index (χ0n) is 11.8. The molecular formula is C14H18BrN3O3. The average molecular weight is 356 g/mol. The van der Waals surface area contributed by atoms with Gasteiger partial charge in [-0.3, -0.25) is 9.59 Å². The number of ether oxygens (including phenoxy) is 1. The first-order valence-electron chi connectivity index (χ1n) is 6.70. The maximum absolute atomic E-state index is 11.5. The van der Waals surface area contributed by atoms with E-state index < -0.39 is 11.8 Å². The van der Waals surface area contributed by atoms with Gasteiger partial charge in [0, 0.05) is 23.6 Å². The Morgan fingerprint density at radius 2 is 2.05 bits per heavy atom. The number of nitrogens with zero attached hydrogens (tertiary/aromatic N) is 1. The molecule has 0 bridgehead atoms. The van der Waals surface area contributed by atoms with Gasteiger partial charge in [-0.2, -0.15) is 0 Å². The van der Waals surface area contributed by atoms with Crippen LogP contribution >= 0.6 is 15.9 Å². The van der Waals surface area contributed by atoms with Crippen LogP contribution in [0.2, 0.25) is 0 Å². The first-order valence-corrected chi connectivity index (χ1v) is 7.49. The number of hydrogen-bond donors (Lipinski definition) is 2. The van der Waals surface area contributed by atoms with Crippen LogP contribution in [0.5, 0.6) is 5.75 Å². The zero-order chi connectivity index (χ0) is 15.4. The highest BCUT2D eigenvalue weighted by Gasteiger charge is 2.25. The molecule has 0 atom stereocenters. The second-order valence-electron chi connectivity index (χ2n) is 4.92. The van der Waals surface area contributed by atoms with Gasteiger partial charge in [0.15, 0.2) is 0 Å². The molecular weight excluding hydrogens is 338 g/mol. The van der Waals surface area contributed by atoms with Crippen LogP contribution in [0.15, 0.2) is 22.7 Å². The van der Waals surface area contributed by atoms with E-state index in [1.165, 1.54) is 4.90 Å². The van der Waals surface area contributed by atoms with Crippen LogP contribution in [0.25, 0.3) is 0 Å². The van der Waals surface area contributed by atoms with Crippen LogP contribution in [0.3, 0.4) is 0 Å². The number of rotatable bonds is 3. The van der Waals surface area contributed by atoms with Crippen molar-refractivity contribution in [3.63, 3.8) is 0 Å². The molecule has 1 heterocycles. The summed E-state index contributed by atoms with van der Waals surface area (Å²) in [5, 5.41) is 3.42. The summed E-state index contributed by atoms with van der Waals surface area (Å²) < 4.78 is 6.29. The Labute approximate surface area is 131 Å². The fourth-order valence-corrected chi connectivity index (χ4v) is 2.76. The maximum atomic E-state index is 11.5. The van der Waals surface area contributed by atoms with Crippen LogP contribution in [0, 0.1) is 0 Å². The number of hydrogen-bond acceptors (Lipinski definition) is 4. The molecule has 0 spiro atoms. The number of nitrogens with one attached hydrogen (secondary N) is 1. The monoisotopic (exact) mass is 355 g/mol. The van der Waals surface area contributed by atoms with Gasteiger partial charge in [-0.25, -0.2) is 0 Å². The molecule has 0 aliphatic carbocycles. The lowest BCUT2D eigenvalue weighted by Crippen LogP contribution is -2.47. The summed E-state index contributed by atoms with van der Waals surface area (Å²) in [6.07, 6.45) is 1.52. The average Bonchev–Trinajstić information content (AvgIpc) is 2.47. The third-order valence-corrected chi connectivity index (χ3v) is 4.01. The normalized spacial score (nSPS) is 15.6. The molecule has 7 heteroatoms. The maximum Gasteiger partial charge on any atom is 0.311 e. The number of methoxy groups -OCH3 is 1. The summed E-state index contributed by atoms with van der Waals surface area (Å²) in [7, 11) is 1.63. The lowest BCUT2D eigenvalue weighted by molar-refractivity contribution is -0.144. The summed E-state index contributed by atoms with van der Waals surface area (Å²) in [5.41, 5.74) is 5.92. The van der Waals surface area contributed by atoms with Gasteiger partial charge in [0.25, 0.3) is 0 Å². The van der Waals surface area contributed by atoms with Crippen LogP contribution in [-0.2, 0) is 9.59 Å². The number of carbonyl (C=O) groups excluding carboxylic acids is 2. The van der Waals surface area contributed by atoms with Crippen molar-refractivity contribution < 1.29 is 14.3 Å². The molecule has 3 N–H and O–H groups in total.